The van der Waals surface area contributed by atoms with Crippen molar-refractivity contribution in [2.45, 2.75) is 26.7 Å². The lowest BCUT2D eigenvalue weighted by Crippen LogP contribution is -2.43. The van der Waals surface area contributed by atoms with Crippen LogP contribution in [-0.2, 0) is 4.74 Å². The van der Waals surface area contributed by atoms with Gasteiger partial charge in [0.1, 0.15) is 0 Å². The van der Waals surface area contributed by atoms with Gasteiger partial charge >= 0.3 is 0 Å². The van der Waals surface area contributed by atoms with Crippen molar-refractivity contribution in [2.75, 3.05) is 13.2 Å². The van der Waals surface area contributed by atoms with E-state index in [-0.39, 0.29) is 5.41 Å². The van der Waals surface area contributed by atoms with E-state index in [1.54, 1.807) is 0 Å². The Balaban J connectivity index is 2.41. The third kappa shape index (κ3) is 1.94. The van der Waals surface area contributed by atoms with Gasteiger partial charge in [-0.1, -0.05) is 13.8 Å². The first-order valence-corrected chi connectivity index (χ1v) is 4.13. The summed E-state index contributed by atoms with van der Waals surface area (Å²) < 4.78 is 5.14. The number of hydrogen-bond acceptors (Lipinski definition) is 2. The van der Waals surface area contributed by atoms with Gasteiger partial charge in [-0.3, -0.25) is 0 Å². The predicted octanol–water partition coefficient (Wildman–Crippen LogP) is 1.96. The fourth-order valence-electron chi connectivity index (χ4n) is 1.72. The van der Waals surface area contributed by atoms with E-state index in [0.717, 1.165) is 19.6 Å². The highest BCUT2D eigenvalue weighted by atomic mass is 16.5. The summed E-state index contributed by atoms with van der Waals surface area (Å²) in [7, 11) is 0. The van der Waals surface area contributed by atoms with Crippen LogP contribution in [-0.4, -0.2) is 13.2 Å². The highest BCUT2D eigenvalue weighted by molar-refractivity contribution is 4.93. The molecular weight excluding hydrogens is 138 g/mol. The van der Waals surface area contributed by atoms with E-state index in [9.17, 15) is 0 Å². The Kier molecular flexibility index (Phi) is 2.51. The van der Waals surface area contributed by atoms with Crippen LogP contribution in [0.5, 0.6) is 0 Å². The average molecular weight is 153 g/mol. The molecule has 0 aromatic heterocycles. The maximum atomic E-state index is 8.57. The fraction of sp³-hybridized carbons (Fsp3) is 0.889. The molecule has 0 spiro atoms. The van der Waals surface area contributed by atoms with E-state index >= 15 is 0 Å². The molecule has 0 aromatic rings. The molecule has 0 atom stereocenters. The van der Waals surface area contributed by atoms with E-state index < -0.39 is 0 Å². The summed E-state index contributed by atoms with van der Waals surface area (Å²) in [5.74, 6) is 0.673. The molecule has 0 aromatic carbocycles. The highest BCUT2D eigenvalue weighted by Crippen LogP contribution is 2.37. The summed E-state index contributed by atoms with van der Waals surface area (Å²) in [4.78, 5) is 0. The zero-order valence-corrected chi connectivity index (χ0v) is 7.26. The van der Waals surface area contributed by atoms with Gasteiger partial charge < -0.3 is 4.74 Å². The van der Waals surface area contributed by atoms with Gasteiger partial charge in [-0.05, 0) is 12.3 Å². The summed E-state index contributed by atoms with van der Waals surface area (Å²) in [6.45, 7) is 5.96. The summed E-state index contributed by atoms with van der Waals surface area (Å²) in [5, 5.41) is 8.57. The smallest absolute Gasteiger partial charge is 0.0629 e. The third-order valence-electron chi connectivity index (χ3n) is 2.11. The van der Waals surface area contributed by atoms with Crippen LogP contribution in [0.3, 0.4) is 0 Å². The Hall–Kier alpha value is -0.550. The Bertz CT molecular complexity index is 165. The second-order valence-corrected chi connectivity index (χ2v) is 3.93. The molecule has 62 valence electrons. The SMILES string of the molecule is CC(C)CC1(CC#N)COC1. The van der Waals surface area contributed by atoms with Crippen LogP contribution in [0.25, 0.3) is 0 Å². The van der Waals surface area contributed by atoms with Crippen LogP contribution in [0.4, 0.5) is 0 Å². The van der Waals surface area contributed by atoms with Crippen molar-refractivity contribution in [2.24, 2.45) is 11.3 Å². The molecule has 11 heavy (non-hydrogen) atoms. The molecule has 1 fully saturated rings. The minimum Gasteiger partial charge on any atom is -0.380 e. The minimum absolute atomic E-state index is 0.211. The first-order chi connectivity index (χ1) is 5.18. The maximum Gasteiger partial charge on any atom is 0.0629 e. The van der Waals surface area contributed by atoms with E-state index in [2.05, 4.69) is 19.9 Å². The van der Waals surface area contributed by atoms with E-state index in [1.807, 2.05) is 0 Å². The lowest BCUT2D eigenvalue weighted by Gasteiger charge is -2.41. The summed E-state index contributed by atoms with van der Waals surface area (Å²) in [6, 6.07) is 2.24. The zero-order chi connectivity index (χ0) is 8.32. The fourth-order valence-corrected chi connectivity index (χ4v) is 1.72. The van der Waals surface area contributed by atoms with Crippen molar-refractivity contribution in [1.29, 1.82) is 5.26 Å². The minimum atomic E-state index is 0.211. The molecule has 0 unspecified atom stereocenters. The average Bonchev–Trinajstić information content (AvgIpc) is 1.82. The van der Waals surface area contributed by atoms with Gasteiger partial charge in [0.05, 0.1) is 19.3 Å². The second kappa shape index (κ2) is 3.23. The molecule has 1 rings (SSSR count). The van der Waals surface area contributed by atoms with Crippen LogP contribution in [0.15, 0.2) is 0 Å². The molecule has 0 aliphatic carbocycles. The molecule has 2 nitrogen and oxygen atoms in total. The first kappa shape index (κ1) is 8.55. The number of hydrogen-bond donors (Lipinski definition) is 0. The van der Waals surface area contributed by atoms with Crippen molar-refractivity contribution in [3.05, 3.63) is 0 Å². The molecule has 1 saturated heterocycles. The van der Waals surface area contributed by atoms with E-state index in [0.29, 0.717) is 12.3 Å². The Labute approximate surface area is 68.2 Å². The summed E-state index contributed by atoms with van der Waals surface area (Å²) in [5.41, 5.74) is 0.211. The van der Waals surface area contributed by atoms with Gasteiger partial charge in [0.25, 0.3) is 0 Å². The van der Waals surface area contributed by atoms with E-state index in [1.165, 1.54) is 0 Å². The van der Waals surface area contributed by atoms with Crippen LogP contribution in [0.1, 0.15) is 26.7 Å². The molecule has 2 heteroatoms. The lowest BCUT2D eigenvalue weighted by molar-refractivity contribution is -0.120. The number of nitriles is 1. The molecule has 0 bridgehead atoms. The molecule has 1 heterocycles. The number of rotatable bonds is 3. The van der Waals surface area contributed by atoms with Crippen LogP contribution >= 0.6 is 0 Å². The summed E-state index contributed by atoms with van der Waals surface area (Å²) >= 11 is 0. The molecule has 1 aliphatic rings. The Morgan fingerprint density at radius 1 is 1.55 bits per heavy atom. The van der Waals surface area contributed by atoms with Crippen LogP contribution < -0.4 is 0 Å². The molecule has 0 N–H and O–H groups in total. The van der Waals surface area contributed by atoms with Crippen molar-refractivity contribution in [3.63, 3.8) is 0 Å². The summed E-state index contributed by atoms with van der Waals surface area (Å²) in [6.07, 6.45) is 1.78. The quantitative estimate of drug-likeness (QED) is 0.621. The maximum absolute atomic E-state index is 8.57. The molecule has 0 amide bonds. The van der Waals surface area contributed by atoms with Gasteiger partial charge in [-0.2, -0.15) is 5.26 Å². The third-order valence-corrected chi connectivity index (χ3v) is 2.11. The molecule has 1 aliphatic heterocycles. The van der Waals surface area contributed by atoms with Gasteiger partial charge in [-0.25, -0.2) is 0 Å². The van der Waals surface area contributed by atoms with Crippen LogP contribution in [0, 0.1) is 22.7 Å². The number of ether oxygens (including phenoxy) is 1. The van der Waals surface area contributed by atoms with Gasteiger partial charge in [-0.15, -0.1) is 0 Å². The van der Waals surface area contributed by atoms with E-state index in [4.69, 9.17) is 10.00 Å². The van der Waals surface area contributed by atoms with Crippen molar-refractivity contribution in [3.8, 4) is 6.07 Å². The van der Waals surface area contributed by atoms with Crippen LogP contribution in [0.2, 0.25) is 0 Å². The standard InChI is InChI=1S/C9H15NO/c1-8(2)5-9(3-4-10)6-11-7-9/h8H,3,5-7H2,1-2H3. The molecular formula is C9H15NO. The lowest BCUT2D eigenvalue weighted by atomic mass is 9.76. The largest absolute Gasteiger partial charge is 0.380 e. The zero-order valence-electron chi connectivity index (χ0n) is 7.26. The number of nitrogens with zero attached hydrogens (tertiary/aromatic N) is 1. The van der Waals surface area contributed by atoms with Gasteiger partial charge in [0, 0.05) is 11.8 Å². The van der Waals surface area contributed by atoms with Crippen molar-refractivity contribution >= 4 is 0 Å². The first-order valence-electron chi connectivity index (χ1n) is 4.13. The normalized spacial score (nSPS) is 20.9. The molecule has 0 saturated carbocycles. The monoisotopic (exact) mass is 153 g/mol. The Morgan fingerprint density at radius 2 is 2.18 bits per heavy atom. The predicted molar refractivity (Wildman–Crippen MR) is 42.9 cm³/mol. The second-order valence-electron chi connectivity index (χ2n) is 3.93. The highest BCUT2D eigenvalue weighted by Gasteiger charge is 2.38. The topological polar surface area (TPSA) is 33.0 Å². The molecule has 0 radical (unpaired) electrons. The van der Waals surface area contributed by atoms with Gasteiger partial charge in [0.2, 0.25) is 0 Å². The van der Waals surface area contributed by atoms with Gasteiger partial charge in [0.15, 0.2) is 0 Å². The van der Waals surface area contributed by atoms with Crippen molar-refractivity contribution in [1.82, 2.24) is 0 Å². The Morgan fingerprint density at radius 3 is 2.45 bits per heavy atom. The van der Waals surface area contributed by atoms with Crippen molar-refractivity contribution < 1.29 is 4.74 Å².